The van der Waals surface area contributed by atoms with Crippen LogP contribution in [0.4, 0.5) is 0 Å². The highest BCUT2D eigenvalue weighted by Gasteiger charge is 2.23. The summed E-state index contributed by atoms with van der Waals surface area (Å²) in [6.07, 6.45) is 1.14. The summed E-state index contributed by atoms with van der Waals surface area (Å²) < 4.78 is 0. The molecule has 0 spiro atoms. The van der Waals surface area contributed by atoms with Gasteiger partial charge in [-0.25, -0.2) is 0 Å². The van der Waals surface area contributed by atoms with E-state index in [2.05, 4.69) is 62.6 Å². The van der Waals surface area contributed by atoms with E-state index in [4.69, 9.17) is 0 Å². The standard InChI is InChI=1S/C16H24N4S/c1-2-5-14(6-3-1)12-20-9-10-21-13-15(20)11-19-16-17-7-4-8-18-16/h1-3,5-6,15H,4,7-13H2,(H2,17,18,19). The van der Waals surface area contributed by atoms with Gasteiger partial charge >= 0.3 is 0 Å². The Hall–Kier alpha value is -1.20. The van der Waals surface area contributed by atoms with Gasteiger partial charge in [-0.1, -0.05) is 30.3 Å². The molecule has 2 aliphatic heterocycles. The van der Waals surface area contributed by atoms with Gasteiger partial charge in [0.25, 0.3) is 0 Å². The third kappa shape index (κ3) is 4.38. The zero-order chi connectivity index (χ0) is 14.3. The smallest absolute Gasteiger partial charge is 0.191 e. The van der Waals surface area contributed by atoms with Crippen LogP contribution in [0.1, 0.15) is 12.0 Å². The summed E-state index contributed by atoms with van der Waals surface area (Å²) in [5.74, 6) is 3.42. The fourth-order valence-corrected chi connectivity index (χ4v) is 3.90. The molecule has 1 fully saturated rings. The average Bonchev–Trinajstić information content (AvgIpc) is 2.56. The predicted octanol–water partition coefficient (Wildman–Crippen LogP) is 1.54. The summed E-state index contributed by atoms with van der Waals surface area (Å²) in [5.41, 5.74) is 1.41. The number of aliphatic imine (C=N–C) groups is 1. The van der Waals surface area contributed by atoms with Crippen LogP contribution in [-0.4, -0.2) is 54.6 Å². The van der Waals surface area contributed by atoms with E-state index >= 15 is 0 Å². The third-order valence-electron chi connectivity index (χ3n) is 3.98. The van der Waals surface area contributed by atoms with Gasteiger partial charge in [-0.2, -0.15) is 11.8 Å². The van der Waals surface area contributed by atoms with Crippen LogP contribution in [0.5, 0.6) is 0 Å². The number of guanidine groups is 1. The molecular weight excluding hydrogens is 280 g/mol. The van der Waals surface area contributed by atoms with Crippen LogP contribution in [0.25, 0.3) is 0 Å². The zero-order valence-electron chi connectivity index (χ0n) is 12.4. The maximum absolute atomic E-state index is 4.49. The van der Waals surface area contributed by atoms with Crippen molar-refractivity contribution < 1.29 is 0 Å². The van der Waals surface area contributed by atoms with E-state index < -0.39 is 0 Å². The Morgan fingerprint density at radius 2 is 2.24 bits per heavy atom. The predicted molar refractivity (Wildman–Crippen MR) is 90.9 cm³/mol. The molecule has 5 heteroatoms. The van der Waals surface area contributed by atoms with Gasteiger partial charge in [0.15, 0.2) is 5.96 Å². The highest BCUT2D eigenvalue weighted by atomic mass is 32.2. The van der Waals surface area contributed by atoms with Crippen molar-refractivity contribution in [2.45, 2.75) is 19.0 Å². The molecule has 21 heavy (non-hydrogen) atoms. The van der Waals surface area contributed by atoms with Gasteiger partial charge in [0, 0.05) is 50.3 Å². The second-order valence-electron chi connectivity index (χ2n) is 5.58. The van der Waals surface area contributed by atoms with Crippen LogP contribution in [0.3, 0.4) is 0 Å². The van der Waals surface area contributed by atoms with Gasteiger partial charge in [0.1, 0.15) is 0 Å². The number of benzene rings is 1. The van der Waals surface area contributed by atoms with E-state index in [0.29, 0.717) is 6.04 Å². The number of nitrogens with one attached hydrogen (secondary N) is 2. The van der Waals surface area contributed by atoms with Gasteiger partial charge in [-0.3, -0.25) is 9.89 Å². The van der Waals surface area contributed by atoms with Crippen molar-refractivity contribution >= 4 is 17.7 Å². The second kappa shape index (κ2) is 7.71. The first-order chi connectivity index (χ1) is 10.4. The van der Waals surface area contributed by atoms with E-state index in [9.17, 15) is 0 Å². The average molecular weight is 304 g/mol. The fraction of sp³-hybridized carbons (Fsp3) is 0.562. The Balaban J connectivity index is 1.55. The van der Waals surface area contributed by atoms with E-state index in [1.807, 2.05) is 0 Å². The van der Waals surface area contributed by atoms with Crippen molar-refractivity contribution in [1.29, 1.82) is 0 Å². The molecule has 1 atom stereocenters. The van der Waals surface area contributed by atoms with Gasteiger partial charge in [0.2, 0.25) is 0 Å². The number of hydrogen-bond acceptors (Lipinski definition) is 5. The molecule has 1 saturated heterocycles. The summed E-state index contributed by atoms with van der Waals surface area (Å²) in [4.78, 5) is 7.09. The van der Waals surface area contributed by atoms with E-state index in [1.165, 1.54) is 23.6 Å². The minimum absolute atomic E-state index is 0.579. The largest absolute Gasteiger partial charge is 0.356 e. The molecule has 1 aromatic carbocycles. The molecule has 0 radical (unpaired) electrons. The van der Waals surface area contributed by atoms with Gasteiger partial charge in [-0.05, 0) is 12.0 Å². The monoisotopic (exact) mass is 304 g/mol. The number of rotatable bonds is 4. The molecule has 0 bridgehead atoms. The lowest BCUT2D eigenvalue weighted by Crippen LogP contribution is -2.51. The Morgan fingerprint density at radius 3 is 3.05 bits per heavy atom. The van der Waals surface area contributed by atoms with E-state index in [0.717, 1.165) is 38.6 Å². The van der Waals surface area contributed by atoms with Crippen molar-refractivity contribution in [1.82, 2.24) is 15.5 Å². The zero-order valence-corrected chi connectivity index (χ0v) is 13.2. The molecule has 0 aliphatic carbocycles. The maximum atomic E-state index is 4.49. The van der Waals surface area contributed by atoms with Crippen LogP contribution in [0.15, 0.2) is 35.3 Å². The molecule has 0 saturated carbocycles. The summed E-state index contributed by atoms with van der Waals surface area (Å²) >= 11 is 2.06. The molecule has 2 N–H and O–H groups in total. The lowest BCUT2D eigenvalue weighted by Gasteiger charge is -2.36. The minimum Gasteiger partial charge on any atom is -0.356 e. The molecule has 0 aromatic heterocycles. The van der Waals surface area contributed by atoms with Crippen molar-refractivity contribution in [2.75, 3.05) is 37.7 Å². The van der Waals surface area contributed by atoms with Crippen molar-refractivity contribution in [3.63, 3.8) is 0 Å². The first-order valence-corrected chi connectivity index (χ1v) is 8.95. The Morgan fingerprint density at radius 1 is 1.33 bits per heavy atom. The number of hydrogen-bond donors (Lipinski definition) is 2. The Bertz CT molecular complexity index is 463. The molecule has 2 aliphatic rings. The SMILES string of the molecule is c1ccc(CN2CCSCC2CNC2=NCCCN2)cc1. The second-order valence-corrected chi connectivity index (χ2v) is 6.73. The maximum Gasteiger partial charge on any atom is 0.191 e. The van der Waals surface area contributed by atoms with E-state index in [1.54, 1.807) is 0 Å². The molecule has 2 heterocycles. The first-order valence-electron chi connectivity index (χ1n) is 7.80. The molecule has 1 aromatic rings. The fourth-order valence-electron chi connectivity index (χ4n) is 2.77. The Kier molecular flexibility index (Phi) is 5.40. The highest BCUT2D eigenvalue weighted by molar-refractivity contribution is 7.99. The molecule has 114 valence electrons. The molecule has 0 amide bonds. The van der Waals surface area contributed by atoms with Gasteiger partial charge in [0.05, 0.1) is 0 Å². The van der Waals surface area contributed by atoms with Crippen molar-refractivity contribution in [3.8, 4) is 0 Å². The molecular formula is C16H24N4S. The van der Waals surface area contributed by atoms with Crippen molar-refractivity contribution in [3.05, 3.63) is 35.9 Å². The summed E-state index contributed by atoms with van der Waals surface area (Å²) in [7, 11) is 0. The van der Waals surface area contributed by atoms with Gasteiger partial charge in [-0.15, -0.1) is 0 Å². The molecule has 1 unspecified atom stereocenters. The highest BCUT2D eigenvalue weighted by Crippen LogP contribution is 2.18. The van der Waals surface area contributed by atoms with Crippen LogP contribution in [0.2, 0.25) is 0 Å². The minimum atomic E-state index is 0.579. The van der Waals surface area contributed by atoms with Gasteiger partial charge < -0.3 is 10.6 Å². The molecule has 3 rings (SSSR count). The van der Waals surface area contributed by atoms with E-state index in [-0.39, 0.29) is 0 Å². The summed E-state index contributed by atoms with van der Waals surface area (Å²) in [6, 6.07) is 11.4. The Labute approximate surface area is 131 Å². The number of nitrogens with zero attached hydrogens (tertiary/aromatic N) is 2. The summed E-state index contributed by atoms with van der Waals surface area (Å²) in [6.45, 7) is 5.19. The third-order valence-corrected chi connectivity index (χ3v) is 5.07. The quantitative estimate of drug-likeness (QED) is 0.885. The van der Waals surface area contributed by atoms with Crippen molar-refractivity contribution in [2.24, 2.45) is 4.99 Å². The summed E-state index contributed by atoms with van der Waals surface area (Å²) in [5, 5.41) is 6.83. The first kappa shape index (κ1) is 14.7. The normalized spacial score (nSPS) is 23.2. The molecule has 4 nitrogen and oxygen atoms in total. The van der Waals surface area contributed by atoms with Crippen LogP contribution >= 0.6 is 11.8 Å². The lowest BCUT2D eigenvalue weighted by molar-refractivity contribution is 0.210. The van der Waals surface area contributed by atoms with Crippen LogP contribution in [-0.2, 0) is 6.54 Å². The topological polar surface area (TPSA) is 39.7 Å². The lowest BCUT2D eigenvalue weighted by atomic mass is 10.1. The van der Waals surface area contributed by atoms with Crippen LogP contribution < -0.4 is 10.6 Å². The number of thioether (sulfide) groups is 1. The van der Waals surface area contributed by atoms with Crippen LogP contribution in [0, 0.1) is 0 Å².